The van der Waals surface area contributed by atoms with Crippen LogP contribution in [0.5, 0.6) is 0 Å². The van der Waals surface area contributed by atoms with Crippen molar-refractivity contribution in [3.05, 3.63) is 70.8 Å². The zero-order chi connectivity index (χ0) is 17.6. The molecule has 25 heavy (non-hydrogen) atoms. The average molecular weight is 337 g/mol. The van der Waals surface area contributed by atoms with E-state index in [4.69, 9.17) is 4.74 Å². The summed E-state index contributed by atoms with van der Waals surface area (Å²) in [5.41, 5.74) is 2.49. The van der Waals surface area contributed by atoms with E-state index in [1.165, 1.54) is 18.4 Å². The Balaban J connectivity index is 1.78. The maximum absolute atomic E-state index is 12.8. The number of carbonyl (C=O) groups excluding carboxylic acids is 2. The summed E-state index contributed by atoms with van der Waals surface area (Å²) in [6.07, 6.45) is 2.53. The van der Waals surface area contributed by atoms with Crippen LogP contribution in [-0.2, 0) is 11.3 Å². The van der Waals surface area contributed by atoms with Gasteiger partial charge in [-0.15, -0.1) is 0 Å². The van der Waals surface area contributed by atoms with Crippen molar-refractivity contribution in [1.29, 1.82) is 0 Å². The molecule has 0 unspecified atom stereocenters. The first-order chi connectivity index (χ1) is 12.2. The Hall–Kier alpha value is -2.46. The van der Waals surface area contributed by atoms with Gasteiger partial charge in [0.1, 0.15) is 0 Å². The van der Waals surface area contributed by atoms with Crippen LogP contribution in [0.1, 0.15) is 51.6 Å². The Morgan fingerprint density at radius 3 is 2.24 bits per heavy atom. The summed E-state index contributed by atoms with van der Waals surface area (Å²) in [6.45, 7) is 5.25. The van der Waals surface area contributed by atoms with Crippen LogP contribution in [0, 0.1) is 0 Å². The molecule has 0 saturated carbocycles. The molecule has 0 atom stereocenters. The number of benzene rings is 2. The maximum Gasteiger partial charge on any atom is 0.338 e. The van der Waals surface area contributed by atoms with E-state index in [0.29, 0.717) is 16.7 Å². The number of nitrogens with zero attached hydrogens (tertiary/aromatic N) is 1. The molecule has 0 N–H and O–H groups in total. The first kappa shape index (κ1) is 17.4. The largest absolute Gasteiger partial charge is 0.462 e. The van der Waals surface area contributed by atoms with E-state index < -0.39 is 5.97 Å². The molecule has 1 fully saturated rings. The first-order valence-corrected chi connectivity index (χ1v) is 8.81. The molecule has 0 spiro atoms. The molecule has 2 aromatic carbocycles. The number of carbonyl (C=O) groups is 2. The average Bonchev–Trinajstić information content (AvgIpc) is 3.15. The molecule has 2 aromatic rings. The molecular formula is C21H23NO3. The lowest BCUT2D eigenvalue weighted by molar-refractivity contribution is 0.0523. The minimum Gasteiger partial charge on any atom is -0.462 e. The molecule has 0 radical (unpaired) electrons. The van der Waals surface area contributed by atoms with Gasteiger partial charge in [0, 0.05) is 17.7 Å². The predicted molar refractivity (Wildman–Crippen MR) is 96.8 cm³/mol. The van der Waals surface area contributed by atoms with E-state index in [0.717, 1.165) is 19.6 Å². The Morgan fingerprint density at radius 1 is 0.960 bits per heavy atom. The molecule has 0 aliphatic carbocycles. The Morgan fingerprint density at radius 2 is 1.60 bits per heavy atom. The van der Waals surface area contributed by atoms with Gasteiger partial charge < -0.3 is 4.74 Å². The first-order valence-electron chi connectivity index (χ1n) is 8.81. The summed E-state index contributed by atoms with van der Waals surface area (Å²) in [5, 5.41) is 0. The maximum atomic E-state index is 12.8. The van der Waals surface area contributed by atoms with Crippen LogP contribution in [0.2, 0.25) is 0 Å². The van der Waals surface area contributed by atoms with Crippen LogP contribution >= 0.6 is 0 Å². The van der Waals surface area contributed by atoms with Crippen molar-refractivity contribution in [2.24, 2.45) is 0 Å². The molecule has 130 valence electrons. The van der Waals surface area contributed by atoms with Gasteiger partial charge in [-0.25, -0.2) is 4.79 Å². The van der Waals surface area contributed by atoms with E-state index in [9.17, 15) is 9.59 Å². The molecule has 0 amide bonds. The van der Waals surface area contributed by atoms with Crippen molar-refractivity contribution < 1.29 is 14.3 Å². The second kappa shape index (κ2) is 8.08. The molecule has 1 saturated heterocycles. The van der Waals surface area contributed by atoms with Crippen LogP contribution < -0.4 is 0 Å². The van der Waals surface area contributed by atoms with Crippen LogP contribution in [0.4, 0.5) is 0 Å². The standard InChI is InChI=1S/C21H23NO3/c1-2-25-21(24)19-8-4-3-7-18(19)20(23)17-11-9-16(10-12-17)15-22-13-5-6-14-22/h3-4,7-12H,2,5-6,13-15H2,1H3. The van der Waals surface area contributed by atoms with Crippen molar-refractivity contribution >= 4 is 11.8 Å². The van der Waals surface area contributed by atoms with Crippen molar-refractivity contribution in [3.63, 3.8) is 0 Å². The van der Waals surface area contributed by atoms with Crippen molar-refractivity contribution in [2.75, 3.05) is 19.7 Å². The zero-order valence-corrected chi connectivity index (χ0v) is 14.5. The van der Waals surface area contributed by atoms with E-state index in [1.54, 1.807) is 31.2 Å². The van der Waals surface area contributed by atoms with Gasteiger partial charge in [0.15, 0.2) is 5.78 Å². The van der Waals surface area contributed by atoms with Gasteiger partial charge in [-0.3, -0.25) is 9.69 Å². The number of hydrogen-bond donors (Lipinski definition) is 0. The van der Waals surface area contributed by atoms with Gasteiger partial charge in [0.2, 0.25) is 0 Å². The molecule has 1 heterocycles. The van der Waals surface area contributed by atoms with E-state index in [1.807, 2.05) is 24.3 Å². The summed E-state index contributed by atoms with van der Waals surface area (Å²) in [4.78, 5) is 27.3. The number of rotatable bonds is 6. The Labute approximate surface area is 148 Å². The number of hydrogen-bond acceptors (Lipinski definition) is 4. The fourth-order valence-corrected chi connectivity index (χ4v) is 3.18. The molecule has 4 heteroatoms. The lowest BCUT2D eigenvalue weighted by atomic mass is 9.97. The third kappa shape index (κ3) is 4.15. The van der Waals surface area contributed by atoms with E-state index >= 15 is 0 Å². The molecule has 3 rings (SSSR count). The lowest BCUT2D eigenvalue weighted by Gasteiger charge is -2.14. The van der Waals surface area contributed by atoms with E-state index in [-0.39, 0.29) is 12.4 Å². The van der Waals surface area contributed by atoms with Crippen LogP contribution in [-0.4, -0.2) is 36.3 Å². The highest BCUT2D eigenvalue weighted by Crippen LogP contribution is 2.18. The smallest absolute Gasteiger partial charge is 0.338 e. The molecule has 0 bridgehead atoms. The predicted octanol–water partition coefficient (Wildman–Crippen LogP) is 3.69. The summed E-state index contributed by atoms with van der Waals surface area (Å²) in [6, 6.07) is 14.5. The number of likely N-dealkylation sites (tertiary alicyclic amines) is 1. The van der Waals surface area contributed by atoms with Crippen LogP contribution in [0.15, 0.2) is 48.5 Å². The van der Waals surface area contributed by atoms with Crippen LogP contribution in [0.3, 0.4) is 0 Å². The van der Waals surface area contributed by atoms with Gasteiger partial charge in [-0.2, -0.15) is 0 Å². The highest BCUT2D eigenvalue weighted by atomic mass is 16.5. The highest BCUT2D eigenvalue weighted by molar-refractivity contribution is 6.14. The number of ether oxygens (including phenoxy) is 1. The fraction of sp³-hybridized carbons (Fsp3) is 0.333. The Kier molecular flexibility index (Phi) is 5.61. The third-order valence-corrected chi connectivity index (χ3v) is 4.49. The minimum absolute atomic E-state index is 0.156. The SMILES string of the molecule is CCOC(=O)c1ccccc1C(=O)c1ccc(CN2CCCC2)cc1. The van der Waals surface area contributed by atoms with Gasteiger partial charge >= 0.3 is 5.97 Å². The minimum atomic E-state index is -0.461. The topological polar surface area (TPSA) is 46.6 Å². The lowest BCUT2D eigenvalue weighted by Crippen LogP contribution is -2.18. The second-order valence-electron chi connectivity index (χ2n) is 6.28. The van der Waals surface area contributed by atoms with Gasteiger partial charge in [0.25, 0.3) is 0 Å². The monoisotopic (exact) mass is 337 g/mol. The number of esters is 1. The fourth-order valence-electron chi connectivity index (χ4n) is 3.18. The summed E-state index contributed by atoms with van der Waals surface area (Å²) < 4.78 is 5.05. The van der Waals surface area contributed by atoms with Crippen molar-refractivity contribution in [1.82, 2.24) is 4.90 Å². The molecule has 0 aromatic heterocycles. The van der Waals surface area contributed by atoms with Gasteiger partial charge in [-0.05, 0) is 44.5 Å². The quantitative estimate of drug-likeness (QED) is 0.596. The summed E-state index contributed by atoms with van der Waals surface area (Å²) >= 11 is 0. The van der Waals surface area contributed by atoms with Crippen molar-refractivity contribution in [3.8, 4) is 0 Å². The normalized spacial score (nSPS) is 14.4. The van der Waals surface area contributed by atoms with Crippen LogP contribution in [0.25, 0.3) is 0 Å². The molecule has 1 aliphatic rings. The second-order valence-corrected chi connectivity index (χ2v) is 6.28. The molecular weight excluding hydrogens is 314 g/mol. The highest BCUT2D eigenvalue weighted by Gasteiger charge is 2.19. The zero-order valence-electron chi connectivity index (χ0n) is 14.5. The third-order valence-electron chi connectivity index (χ3n) is 4.49. The molecule has 4 nitrogen and oxygen atoms in total. The Bertz CT molecular complexity index is 746. The summed E-state index contributed by atoms with van der Waals surface area (Å²) in [5.74, 6) is -0.617. The molecule has 1 aliphatic heterocycles. The van der Waals surface area contributed by atoms with Crippen molar-refractivity contribution in [2.45, 2.75) is 26.3 Å². The van der Waals surface area contributed by atoms with E-state index in [2.05, 4.69) is 4.90 Å². The summed E-state index contributed by atoms with van der Waals surface area (Å²) in [7, 11) is 0. The number of ketones is 1. The van der Waals surface area contributed by atoms with Gasteiger partial charge in [0.05, 0.1) is 12.2 Å². The van der Waals surface area contributed by atoms with Gasteiger partial charge in [-0.1, -0.05) is 42.5 Å².